The fraction of sp³-hybridized carbons (Fsp3) is 0. The molecule has 1 aromatic rings. The van der Waals surface area contributed by atoms with Gasteiger partial charge in [-0.2, -0.15) is 4.73 Å². The summed E-state index contributed by atoms with van der Waals surface area (Å²) in [6, 6.07) is 0.995. The maximum atomic E-state index is 9.96. The van der Waals surface area contributed by atoms with E-state index in [1.807, 2.05) is 0 Å². The van der Waals surface area contributed by atoms with E-state index in [4.69, 9.17) is 10.3 Å². The van der Waals surface area contributed by atoms with Gasteiger partial charge in [-0.3, -0.25) is 10.1 Å². The number of rotatable bonds is 1. The number of hydrogen-bond acceptors (Lipinski definition) is 4. The molecule has 1 rings (SSSR count). The van der Waals surface area contributed by atoms with Gasteiger partial charge in [0.05, 0.1) is 11.1 Å². The van der Waals surface area contributed by atoms with Crippen molar-refractivity contribution < 1.29 is 15.2 Å². The van der Waals surface area contributed by atoms with Crippen LogP contribution in [0.4, 0.5) is 5.69 Å². The predicted molar refractivity (Wildman–Crippen MR) is 29.9 cm³/mol. The van der Waals surface area contributed by atoms with Crippen molar-refractivity contribution >= 4 is 5.69 Å². The Morgan fingerprint density at radius 1 is 1.70 bits per heavy atom. The van der Waals surface area contributed by atoms with Gasteiger partial charge in [0.2, 0.25) is 0 Å². The van der Waals surface area contributed by atoms with Gasteiger partial charge < -0.3 is 10.3 Å². The van der Waals surface area contributed by atoms with E-state index >= 15 is 0 Å². The number of nitro groups is 1. The molecule has 0 bridgehead atoms. The van der Waals surface area contributed by atoms with Crippen LogP contribution in [-0.4, -0.2) is 20.0 Å². The van der Waals surface area contributed by atoms with Gasteiger partial charge in [0.1, 0.15) is 0 Å². The zero-order valence-corrected chi connectivity index (χ0v) is 4.76. The first-order valence-corrected chi connectivity index (χ1v) is 2.37. The highest BCUT2D eigenvalue weighted by atomic mass is 16.6. The molecule has 54 valence electrons. The molecule has 2 N–H and O–H groups in total. The molecular weight excluding hydrogens is 140 g/mol. The SMILES string of the molecule is O=[N+]([O-])c1ccn(O)c1O. The van der Waals surface area contributed by atoms with Gasteiger partial charge in [0.15, 0.2) is 0 Å². The van der Waals surface area contributed by atoms with Crippen molar-refractivity contribution in [2.24, 2.45) is 0 Å². The lowest BCUT2D eigenvalue weighted by atomic mass is 10.5. The Hall–Kier alpha value is -1.72. The van der Waals surface area contributed by atoms with Crippen LogP contribution < -0.4 is 0 Å². The molecular formula is C4H4N2O4. The molecule has 0 saturated heterocycles. The zero-order chi connectivity index (χ0) is 7.72. The van der Waals surface area contributed by atoms with Crippen LogP contribution in [0, 0.1) is 10.1 Å². The first-order chi connectivity index (χ1) is 4.63. The minimum Gasteiger partial charge on any atom is -0.488 e. The molecule has 0 aliphatic carbocycles. The van der Waals surface area contributed by atoms with E-state index in [9.17, 15) is 10.1 Å². The second-order valence-corrected chi connectivity index (χ2v) is 1.63. The molecule has 0 amide bonds. The standard InChI is InChI=1S/C4H4N2O4/c7-4-3(6(9)10)1-2-5(4)8/h1-2,7-8H. The maximum absolute atomic E-state index is 9.96. The monoisotopic (exact) mass is 144 g/mol. The fourth-order valence-corrected chi connectivity index (χ4v) is 0.546. The molecule has 0 spiro atoms. The van der Waals surface area contributed by atoms with E-state index in [0.29, 0.717) is 0 Å². The Labute approximate surface area is 55.0 Å². The summed E-state index contributed by atoms with van der Waals surface area (Å²) < 4.78 is 0.276. The molecule has 0 aromatic carbocycles. The van der Waals surface area contributed by atoms with Gasteiger partial charge in [-0.1, -0.05) is 0 Å². The Morgan fingerprint density at radius 3 is 2.50 bits per heavy atom. The van der Waals surface area contributed by atoms with Crippen molar-refractivity contribution in [1.29, 1.82) is 0 Å². The largest absolute Gasteiger partial charge is 0.488 e. The van der Waals surface area contributed by atoms with Gasteiger partial charge in [-0.15, -0.1) is 0 Å². The molecule has 6 nitrogen and oxygen atoms in total. The van der Waals surface area contributed by atoms with Gasteiger partial charge in [-0.25, -0.2) is 0 Å². The number of nitrogens with zero attached hydrogens (tertiary/aromatic N) is 2. The minimum absolute atomic E-state index is 0.276. The fourth-order valence-electron chi connectivity index (χ4n) is 0.546. The molecule has 10 heavy (non-hydrogen) atoms. The van der Waals surface area contributed by atoms with E-state index in [0.717, 1.165) is 12.3 Å². The first-order valence-electron chi connectivity index (χ1n) is 2.37. The Kier molecular flexibility index (Phi) is 1.22. The molecule has 0 unspecified atom stereocenters. The van der Waals surface area contributed by atoms with Crippen LogP contribution in [0.5, 0.6) is 5.88 Å². The highest BCUT2D eigenvalue weighted by Gasteiger charge is 2.16. The third kappa shape index (κ3) is 0.750. The van der Waals surface area contributed by atoms with Crippen molar-refractivity contribution in [3.05, 3.63) is 22.4 Å². The third-order valence-electron chi connectivity index (χ3n) is 1.02. The molecule has 0 saturated carbocycles. The molecule has 0 atom stereocenters. The van der Waals surface area contributed by atoms with E-state index in [1.54, 1.807) is 0 Å². The Bertz CT molecular complexity index is 266. The number of aromatic hydroxyl groups is 1. The smallest absolute Gasteiger partial charge is 0.333 e. The predicted octanol–water partition coefficient (Wildman–Crippen LogP) is 0.339. The molecule has 0 aliphatic heterocycles. The third-order valence-corrected chi connectivity index (χ3v) is 1.02. The Morgan fingerprint density at radius 2 is 2.30 bits per heavy atom. The second-order valence-electron chi connectivity index (χ2n) is 1.63. The van der Waals surface area contributed by atoms with Crippen LogP contribution in [0.2, 0.25) is 0 Å². The van der Waals surface area contributed by atoms with Crippen molar-refractivity contribution in [3.8, 4) is 5.88 Å². The van der Waals surface area contributed by atoms with Crippen molar-refractivity contribution in [2.45, 2.75) is 0 Å². The quantitative estimate of drug-likeness (QED) is 0.338. The van der Waals surface area contributed by atoms with Crippen LogP contribution in [0.15, 0.2) is 12.3 Å². The molecule has 6 heteroatoms. The van der Waals surface area contributed by atoms with E-state index < -0.39 is 16.5 Å². The summed E-state index contributed by atoms with van der Waals surface area (Å²) >= 11 is 0. The van der Waals surface area contributed by atoms with Gasteiger partial charge in [0, 0.05) is 6.07 Å². The lowest BCUT2D eigenvalue weighted by Gasteiger charge is -1.89. The first kappa shape index (κ1) is 6.40. The Balaban J connectivity index is 3.17. The summed E-state index contributed by atoms with van der Waals surface area (Å²) in [7, 11) is 0. The van der Waals surface area contributed by atoms with E-state index in [1.165, 1.54) is 0 Å². The second kappa shape index (κ2) is 1.90. The summed E-state index contributed by atoms with van der Waals surface area (Å²) in [5, 5.41) is 27.2. The highest BCUT2D eigenvalue weighted by molar-refractivity contribution is 5.40. The summed E-state index contributed by atoms with van der Waals surface area (Å²) in [6.07, 6.45) is 0.980. The number of aromatic nitrogens is 1. The summed E-state index contributed by atoms with van der Waals surface area (Å²) in [5.74, 6) is -0.759. The van der Waals surface area contributed by atoms with Crippen molar-refractivity contribution in [3.63, 3.8) is 0 Å². The highest BCUT2D eigenvalue weighted by Crippen LogP contribution is 2.24. The lowest BCUT2D eigenvalue weighted by molar-refractivity contribution is -0.386. The average molecular weight is 144 g/mol. The topological polar surface area (TPSA) is 88.5 Å². The van der Waals surface area contributed by atoms with Gasteiger partial charge in [-0.05, 0) is 0 Å². The normalized spacial score (nSPS) is 9.60. The van der Waals surface area contributed by atoms with Gasteiger partial charge in [0.25, 0.3) is 0 Å². The van der Waals surface area contributed by atoms with Crippen molar-refractivity contribution in [2.75, 3.05) is 0 Å². The van der Waals surface area contributed by atoms with Crippen LogP contribution in [0.25, 0.3) is 0 Å². The van der Waals surface area contributed by atoms with E-state index in [-0.39, 0.29) is 4.73 Å². The maximum Gasteiger partial charge on any atom is 0.333 e. The molecule has 1 heterocycles. The molecule has 0 radical (unpaired) electrons. The zero-order valence-electron chi connectivity index (χ0n) is 4.76. The molecule has 1 aromatic heterocycles. The number of hydrogen-bond donors (Lipinski definition) is 2. The average Bonchev–Trinajstić information content (AvgIpc) is 2.14. The van der Waals surface area contributed by atoms with Crippen LogP contribution >= 0.6 is 0 Å². The summed E-state index contributed by atoms with van der Waals surface area (Å²) in [6.45, 7) is 0. The molecule has 0 aliphatic rings. The minimum atomic E-state index is -0.790. The molecule has 0 fully saturated rings. The van der Waals surface area contributed by atoms with Crippen LogP contribution in [-0.2, 0) is 0 Å². The van der Waals surface area contributed by atoms with Gasteiger partial charge >= 0.3 is 11.6 Å². The summed E-state index contributed by atoms with van der Waals surface area (Å²) in [5.41, 5.74) is -0.512. The van der Waals surface area contributed by atoms with E-state index in [2.05, 4.69) is 0 Å². The lowest BCUT2D eigenvalue weighted by Crippen LogP contribution is -1.88. The van der Waals surface area contributed by atoms with Crippen LogP contribution in [0.1, 0.15) is 0 Å². The van der Waals surface area contributed by atoms with Crippen LogP contribution in [0.3, 0.4) is 0 Å². The summed E-state index contributed by atoms with van der Waals surface area (Å²) in [4.78, 5) is 9.17. The van der Waals surface area contributed by atoms with Crippen molar-refractivity contribution in [1.82, 2.24) is 4.73 Å².